The largest absolute Gasteiger partial charge is 0.497 e. The van der Waals surface area contributed by atoms with E-state index in [1.54, 1.807) is 20.3 Å². The molecule has 3 aromatic rings. The highest BCUT2D eigenvalue weighted by atomic mass is 35.5. The van der Waals surface area contributed by atoms with Crippen molar-refractivity contribution in [3.8, 4) is 22.6 Å². The molecule has 0 aliphatic carbocycles. The highest BCUT2D eigenvalue weighted by Gasteiger charge is 2.10. The van der Waals surface area contributed by atoms with Gasteiger partial charge in [-0.1, -0.05) is 17.7 Å². The zero-order chi connectivity index (χ0) is 15.7. The average Bonchev–Trinajstić information content (AvgIpc) is 2.55. The van der Waals surface area contributed by atoms with Crippen molar-refractivity contribution in [2.24, 2.45) is 0 Å². The van der Waals surface area contributed by atoms with Crippen molar-refractivity contribution in [2.45, 2.75) is 0 Å². The van der Waals surface area contributed by atoms with E-state index in [4.69, 9.17) is 26.8 Å². The number of nitrogens with two attached hydrogens (primary N) is 1. The van der Waals surface area contributed by atoms with E-state index >= 15 is 0 Å². The van der Waals surface area contributed by atoms with Crippen LogP contribution in [0.3, 0.4) is 0 Å². The van der Waals surface area contributed by atoms with E-state index in [-0.39, 0.29) is 0 Å². The Labute approximate surface area is 134 Å². The van der Waals surface area contributed by atoms with Crippen LogP contribution < -0.4 is 15.2 Å². The van der Waals surface area contributed by atoms with E-state index in [1.807, 2.05) is 36.4 Å². The van der Waals surface area contributed by atoms with E-state index in [9.17, 15) is 0 Å². The number of hydrogen-bond acceptors (Lipinski definition) is 3. The lowest BCUT2D eigenvalue weighted by Crippen LogP contribution is -1.92. The molecule has 2 N–H and O–H groups in total. The average molecular weight is 314 g/mol. The van der Waals surface area contributed by atoms with Crippen LogP contribution in [-0.2, 0) is 0 Å². The Morgan fingerprint density at radius 1 is 0.909 bits per heavy atom. The van der Waals surface area contributed by atoms with Crippen LogP contribution in [0.2, 0.25) is 5.02 Å². The summed E-state index contributed by atoms with van der Waals surface area (Å²) in [4.78, 5) is 0. The number of hydrogen-bond donors (Lipinski definition) is 1. The van der Waals surface area contributed by atoms with Gasteiger partial charge < -0.3 is 15.2 Å². The molecule has 0 unspecified atom stereocenters. The molecule has 4 heteroatoms. The predicted molar refractivity (Wildman–Crippen MR) is 91.9 cm³/mol. The van der Waals surface area contributed by atoms with Crippen LogP contribution in [0, 0.1) is 0 Å². The summed E-state index contributed by atoms with van der Waals surface area (Å²) in [6.45, 7) is 0. The topological polar surface area (TPSA) is 44.5 Å². The first-order valence-electron chi connectivity index (χ1n) is 6.83. The highest BCUT2D eigenvalue weighted by molar-refractivity contribution is 6.31. The fourth-order valence-electron chi connectivity index (χ4n) is 2.53. The molecule has 3 aromatic carbocycles. The summed E-state index contributed by atoms with van der Waals surface area (Å²) in [5, 5.41) is 2.69. The van der Waals surface area contributed by atoms with Crippen LogP contribution in [0.5, 0.6) is 11.5 Å². The molecule has 0 aromatic heterocycles. The van der Waals surface area contributed by atoms with Crippen LogP contribution in [-0.4, -0.2) is 14.2 Å². The Bertz CT molecular complexity index is 846. The molecule has 0 heterocycles. The van der Waals surface area contributed by atoms with Crippen LogP contribution >= 0.6 is 11.6 Å². The fourth-order valence-corrected chi connectivity index (χ4v) is 2.70. The Morgan fingerprint density at radius 2 is 1.73 bits per heavy atom. The maximum absolute atomic E-state index is 6.09. The van der Waals surface area contributed by atoms with Crippen molar-refractivity contribution in [3.05, 3.63) is 53.6 Å². The first-order valence-corrected chi connectivity index (χ1v) is 7.21. The second kappa shape index (κ2) is 5.78. The first-order chi connectivity index (χ1) is 10.6. The number of halogens is 1. The minimum absolute atomic E-state index is 0.651. The first kappa shape index (κ1) is 14.5. The third-order valence-corrected chi connectivity index (χ3v) is 3.90. The Hall–Kier alpha value is -2.39. The molecule has 22 heavy (non-hydrogen) atoms. The van der Waals surface area contributed by atoms with Gasteiger partial charge in [-0.25, -0.2) is 0 Å². The molecule has 0 saturated carbocycles. The van der Waals surface area contributed by atoms with Gasteiger partial charge in [0.2, 0.25) is 0 Å². The van der Waals surface area contributed by atoms with E-state index in [2.05, 4.69) is 6.07 Å². The second-order valence-electron chi connectivity index (χ2n) is 5.00. The smallest absolute Gasteiger partial charge is 0.127 e. The summed E-state index contributed by atoms with van der Waals surface area (Å²) >= 11 is 6.09. The van der Waals surface area contributed by atoms with Gasteiger partial charge in [-0.15, -0.1) is 0 Å². The SMILES string of the molecule is COc1ccc2cc(-c3cc(Cl)ccc3N)cc(OC)c2c1. The van der Waals surface area contributed by atoms with Gasteiger partial charge in [0.15, 0.2) is 0 Å². The molecule has 0 bridgehead atoms. The van der Waals surface area contributed by atoms with Crippen LogP contribution in [0.25, 0.3) is 21.9 Å². The zero-order valence-corrected chi connectivity index (χ0v) is 13.1. The van der Waals surface area contributed by atoms with Gasteiger partial charge in [0.05, 0.1) is 14.2 Å². The number of ether oxygens (including phenoxy) is 2. The summed E-state index contributed by atoms with van der Waals surface area (Å²) in [7, 11) is 3.30. The van der Waals surface area contributed by atoms with Gasteiger partial charge in [0, 0.05) is 21.7 Å². The molecular formula is C18H16ClNO2. The van der Waals surface area contributed by atoms with Crippen LogP contribution in [0.1, 0.15) is 0 Å². The van der Waals surface area contributed by atoms with E-state index < -0.39 is 0 Å². The van der Waals surface area contributed by atoms with Crippen molar-refractivity contribution >= 4 is 28.1 Å². The lowest BCUT2D eigenvalue weighted by atomic mass is 9.99. The van der Waals surface area contributed by atoms with E-state index in [0.29, 0.717) is 10.7 Å². The maximum atomic E-state index is 6.09. The molecule has 0 fully saturated rings. The number of rotatable bonds is 3. The Balaban J connectivity index is 2.26. The predicted octanol–water partition coefficient (Wildman–Crippen LogP) is 4.76. The summed E-state index contributed by atoms with van der Waals surface area (Å²) < 4.78 is 10.8. The zero-order valence-electron chi connectivity index (χ0n) is 12.4. The summed E-state index contributed by atoms with van der Waals surface area (Å²) in [6, 6.07) is 15.4. The summed E-state index contributed by atoms with van der Waals surface area (Å²) in [6.07, 6.45) is 0. The molecule has 0 saturated heterocycles. The lowest BCUT2D eigenvalue weighted by Gasteiger charge is -2.12. The molecule has 0 radical (unpaired) electrons. The van der Waals surface area contributed by atoms with Crippen molar-refractivity contribution in [2.75, 3.05) is 20.0 Å². The van der Waals surface area contributed by atoms with Crippen LogP contribution in [0.15, 0.2) is 48.5 Å². The third kappa shape index (κ3) is 2.55. The Kier molecular flexibility index (Phi) is 3.82. The van der Waals surface area contributed by atoms with Crippen molar-refractivity contribution < 1.29 is 9.47 Å². The van der Waals surface area contributed by atoms with Crippen molar-refractivity contribution in [3.63, 3.8) is 0 Å². The lowest BCUT2D eigenvalue weighted by molar-refractivity contribution is 0.412. The molecule has 0 aliphatic rings. The standard InChI is InChI=1S/C18H16ClNO2/c1-21-14-5-3-11-7-12(8-18(22-2)16(11)10-14)15-9-13(19)4-6-17(15)20/h3-10H,20H2,1-2H3. The quantitative estimate of drug-likeness (QED) is 0.709. The molecule has 3 rings (SSSR count). The Morgan fingerprint density at radius 3 is 2.45 bits per heavy atom. The van der Waals surface area contributed by atoms with E-state index in [0.717, 1.165) is 33.4 Å². The van der Waals surface area contributed by atoms with Crippen molar-refractivity contribution in [1.82, 2.24) is 0 Å². The summed E-state index contributed by atoms with van der Waals surface area (Å²) in [5.41, 5.74) is 8.62. The minimum Gasteiger partial charge on any atom is -0.497 e. The molecule has 0 spiro atoms. The fraction of sp³-hybridized carbons (Fsp3) is 0.111. The van der Waals surface area contributed by atoms with Crippen molar-refractivity contribution in [1.29, 1.82) is 0 Å². The highest BCUT2D eigenvalue weighted by Crippen LogP contribution is 2.37. The molecule has 0 aliphatic heterocycles. The maximum Gasteiger partial charge on any atom is 0.127 e. The van der Waals surface area contributed by atoms with Crippen LogP contribution in [0.4, 0.5) is 5.69 Å². The molecule has 0 atom stereocenters. The monoisotopic (exact) mass is 313 g/mol. The van der Waals surface area contributed by atoms with Gasteiger partial charge in [-0.2, -0.15) is 0 Å². The van der Waals surface area contributed by atoms with E-state index in [1.165, 1.54) is 0 Å². The second-order valence-corrected chi connectivity index (χ2v) is 5.43. The molecule has 0 amide bonds. The number of anilines is 1. The number of nitrogen functional groups attached to an aromatic ring is 1. The third-order valence-electron chi connectivity index (χ3n) is 3.67. The molecule has 112 valence electrons. The minimum atomic E-state index is 0.651. The number of benzene rings is 3. The van der Waals surface area contributed by atoms with Gasteiger partial charge in [-0.05, 0) is 53.4 Å². The molecular weight excluding hydrogens is 298 g/mol. The van der Waals surface area contributed by atoms with Gasteiger partial charge >= 0.3 is 0 Å². The number of methoxy groups -OCH3 is 2. The normalized spacial score (nSPS) is 10.7. The van der Waals surface area contributed by atoms with Gasteiger partial charge in [0.1, 0.15) is 11.5 Å². The number of fused-ring (bicyclic) bond motifs is 1. The molecule has 3 nitrogen and oxygen atoms in total. The van der Waals surface area contributed by atoms with Gasteiger partial charge in [0.25, 0.3) is 0 Å². The van der Waals surface area contributed by atoms with Gasteiger partial charge in [-0.3, -0.25) is 0 Å². The summed E-state index contributed by atoms with van der Waals surface area (Å²) in [5.74, 6) is 1.56.